The molecule has 0 saturated carbocycles. The molecule has 142 valence electrons. The fourth-order valence-electron chi connectivity index (χ4n) is 2.46. The summed E-state index contributed by atoms with van der Waals surface area (Å²) >= 11 is 0. The van der Waals surface area contributed by atoms with Crippen LogP contribution in [0.25, 0.3) is 17.3 Å². The maximum absolute atomic E-state index is 11.7. The van der Waals surface area contributed by atoms with Gasteiger partial charge >= 0.3 is 12.1 Å². The topological polar surface area (TPSA) is 104 Å². The van der Waals surface area contributed by atoms with E-state index in [9.17, 15) is 9.59 Å². The van der Waals surface area contributed by atoms with Gasteiger partial charge in [-0.15, -0.1) is 0 Å². The highest BCUT2D eigenvalue weighted by Gasteiger charge is 2.08. The standard InChI is InChI=1S/C21H19N3O4/c25-20(26)19-13-18(23-24-19)17-10-8-15(9-11-17)7-4-12-22-21(27)28-14-16-5-2-1-3-6-16/h1-11,13H,12,14H2,(H,22,27)(H,23,24)(H,25,26). The number of ether oxygens (including phenoxy) is 1. The van der Waals surface area contributed by atoms with Gasteiger partial charge in [-0.3, -0.25) is 5.10 Å². The Morgan fingerprint density at radius 1 is 1.11 bits per heavy atom. The summed E-state index contributed by atoms with van der Waals surface area (Å²) in [5.74, 6) is -1.05. The van der Waals surface area contributed by atoms with E-state index < -0.39 is 12.1 Å². The van der Waals surface area contributed by atoms with E-state index in [1.54, 1.807) is 0 Å². The second-order valence-electron chi connectivity index (χ2n) is 5.94. The van der Waals surface area contributed by atoms with Crippen LogP contribution in [-0.2, 0) is 11.3 Å². The van der Waals surface area contributed by atoms with Crippen LogP contribution in [0.5, 0.6) is 0 Å². The smallest absolute Gasteiger partial charge is 0.407 e. The summed E-state index contributed by atoms with van der Waals surface area (Å²) in [4.78, 5) is 22.5. The molecule has 0 aliphatic carbocycles. The number of hydrogen-bond acceptors (Lipinski definition) is 4. The van der Waals surface area contributed by atoms with Crippen LogP contribution < -0.4 is 5.32 Å². The Hall–Kier alpha value is -3.87. The fraction of sp³-hybridized carbons (Fsp3) is 0.0952. The van der Waals surface area contributed by atoms with Crippen molar-refractivity contribution in [3.8, 4) is 11.3 Å². The predicted octanol–water partition coefficient (Wildman–Crippen LogP) is 3.71. The predicted molar refractivity (Wildman–Crippen MR) is 105 cm³/mol. The minimum Gasteiger partial charge on any atom is -0.477 e. The van der Waals surface area contributed by atoms with Crippen molar-refractivity contribution < 1.29 is 19.4 Å². The van der Waals surface area contributed by atoms with Gasteiger partial charge in [0.2, 0.25) is 0 Å². The summed E-state index contributed by atoms with van der Waals surface area (Å²) in [6.45, 7) is 0.575. The van der Waals surface area contributed by atoms with Gasteiger partial charge in [0.15, 0.2) is 0 Å². The number of carboxylic acids is 1. The van der Waals surface area contributed by atoms with Crippen molar-refractivity contribution in [2.24, 2.45) is 0 Å². The first-order valence-corrected chi connectivity index (χ1v) is 8.62. The number of amides is 1. The van der Waals surface area contributed by atoms with Crippen molar-refractivity contribution in [3.63, 3.8) is 0 Å². The number of aromatic amines is 1. The van der Waals surface area contributed by atoms with Gasteiger partial charge in [0, 0.05) is 12.1 Å². The number of rotatable bonds is 7. The number of carbonyl (C=O) groups is 2. The van der Waals surface area contributed by atoms with Gasteiger partial charge in [-0.25, -0.2) is 9.59 Å². The number of benzene rings is 2. The van der Waals surface area contributed by atoms with Gasteiger partial charge in [-0.2, -0.15) is 5.10 Å². The Labute approximate surface area is 161 Å². The van der Waals surface area contributed by atoms with Crippen molar-refractivity contribution in [1.29, 1.82) is 0 Å². The fourth-order valence-corrected chi connectivity index (χ4v) is 2.46. The third-order valence-corrected chi connectivity index (χ3v) is 3.90. The molecule has 3 aromatic rings. The Morgan fingerprint density at radius 3 is 2.54 bits per heavy atom. The van der Waals surface area contributed by atoms with E-state index in [1.165, 1.54) is 6.07 Å². The molecule has 28 heavy (non-hydrogen) atoms. The second-order valence-corrected chi connectivity index (χ2v) is 5.94. The zero-order valence-electron chi connectivity index (χ0n) is 15.0. The van der Waals surface area contributed by atoms with Crippen molar-refractivity contribution >= 4 is 18.1 Å². The maximum Gasteiger partial charge on any atom is 0.407 e. The van der Waals surface area contributed by atoms with Crippen LogP contribution in [0.4, 0.5) is 4.79 Å². The third-order valence-electron chi connectivity index (χ3n) is 3.90. The van der Waals surface area contributed by atoms with Gasteiger partial charge < -0.3 is 15.2 Å². The molecule has 0 bridgehead atoms. The molecular weight excluding hydrogens is 358 g/mol. The number of hydrogen-bond donors (Lipinski definition) is 3. The molecule has 0 atom stereocenters. The molecule has 7 heteroatoms. The van der Waals surface area contributed by atoms with Crippen molar-refractivity contribution in [1.82, 2.24) is 15.5 Å². The van der Waals surface area contributed by atoms with Gasteiger partial charge in [0.25, 0.3) is 0 Å². The first kappa shape index (κ1) is 18.9. The number of nitrogens with one attached hydrogen (secondary N) is 2. The lowest BCUT2D eigenvalue weighted by atomic mass is 10.1. The van der Waals surface area contributed by atoms with E-state index in [0.29, 0.717) is 12.2 Å². The summed E-state index contributed by atoms with van der Waals surface area (Å²) in [5.41, 5.74) is 3.29. The molecule has 3 N–H and O–H groups in total. The third kappa shape index (κ3) is 5.31. The summed E-state index contributed by atoms with van der Waals surface area (Å²) in [6, 6.07) is 18.4. The van der Waals surface area contributed by atoms with Crippen molar-refractivity contribution in [3.05, 3.63) is 83.6 Å². The van der Waals surface area contributed by atoms with Crippen LogP contribution >= 0.6 is 0 Å². The molecule has 0 fully saturated rings. The maximum atomic E-state index is 11.7. The molecular formula is C21H19N3O4. The van der Waals surface area contributed by atoms with Crippen molar-refractivity contribution in [2.75, 3.05) is 6.54 Å². The van der Waals surface area contributed by atoms with Crippen LogP contribution in [0, 0.1) is 0 Å². The van der Waals surface area contributed by atoms with E-state index in [2.05, 4.69) is 15.5 Å². The number of H-pyrrole nitrogens is 1. The Bertz CT molecular complexity index is 963. The SMILES string of the molecule is O=C(NCC=Cc1ccc(-c2cc(C(=O)O)[nH]n2)cc1)OCc1ccccc1. The average molecular weight is 377 g/mol. The van der Waals surface area contributed by atoms with E-state index in [-0.39, 0.29) is 12.3 Å². The second kappa shape index (κ2) is 9.18. The van der Waals surface area contributed by atoms with E-state index in [1.807, 2.05) is 66.7 Å². The number of carbonyl (C=O) groups excluding carboxylic acids is 1. The lowest BCUT2D eigenvalue weighted by molar-refractivity contribution is 0.0690. The largest absolute Gasteiger partial charge is 0.477 e. The van der Waals surface area contributed by atoms with Crippen LogP contribution in [0.2, 0.25) is 0 Å². The van der Waals surface area contributed by atoms with Gasteiger partial charge in [0.1, 0.15) is 12.3 Å². The van der Waals surface area contributed by atoms with Crippen LogP contribution in [0.3, 0.4) is 0 Å². The Morgan fingerprint density at radius 2 is 1.86 bits per heavy atom. The number of aromatic nitrogens is 2. The van der Waals surface area contributed by atoms with E-state index in [4.69, 9.17) is 9.84 Å². The zero-order valence-corrected chi connectivity index (χ0v) is 15.0. The molecule has 0 unspecified atom stereocenters. The minimum absolute atomic E-state index is 0.0456. The molecule has 2 aromatic carbocycles. The Balaban J connectivity index is 1.45. The lowest BCUT2D eigenvalue weighted by Crippen LogP contribution is -2.24. The summed E-state index contributed by atoms with van der Waals surface area (Å²) < 4.78 is 5.13. The number of carboxylic acid groups (broad SMARTS) is 1. The molecule has 1 amide bonds. The normalized spacial score (nSPS) is 10.7. The van der Waals surface area contributed by atoms with Gasteiger partial charge in [-0.1, -0.05) is 66.7 Å². The highest BCUT2D eigenvalue weighted by Crippen LogP contribution is 2.18. The van der Waals surface area contributed by atoms with Gasteiger partial charge in [0.05, 0.1) is 5.69 Å². The molecule has 0 aliphatic rings. The Kier molecular flexibility index (Phi) is 6.20. The minimum atomic E-state index is -1.05. The molecule has 0 spiro atoms. The van der Waals surface area contributed by atoms with E-state index in [0.717, 1.165) is 16.7 Å². The first-order valence-electron chi connectivity index (χ1n) is 8.62. The van der Waals surface area contributed by atoms with E-state index >= 15 is 0 Å². The van der Waals surface area contributed by atoms with Gasteiger partial charge in [-0.05, 0) is 17.2 Å². The monoisotopic (exact) mass is 377 g/mol. The molecule has 3 rings (SSSR count). The highest BCUT2D eigenvalue weighted by atomic mass is 16.5. The quantitative estimate of drug-likeness (QED) is 0.582. The lowest BCUT2D eigenvalue weighted by Gasteiger charge is -2.05. The highest BCUT2D eigenvalue weighted by molar-refractivity contribution is 5.86. The molecule has 0 saturated heterocycles. The van der Waals surface area contributed by atoms with Crippen LogP contribution in [0.1, 0.15) is 21.6 Å². The summed E-state index contributed by atoms with van der Waals surface area (Å²) in [7, 11) is 0. The zero-order chi connectivity index (χ0) is 19.8. The first-order chi connectivity index (χ1) is 13.6. The molecule has 7 nitrogen and oxygen atoms in total. The number of alkyl carbamates (subject to hydrolysis) is 1. The number of aromatic carboxylic acids is 1. The molecule has 0 radical (unpaired) electrons. The average Bonchev–Trinajstić information content (AvgIpc) is 3.21. The summed E-state index contributed by atoms with van der Waals surface area (Å²) in [6.07, 6.45) is 3.21. The molecule has 1 heterocycles. The molecule has 1 aromatic heterocycles. The molecule has 0 aliphatic heterocycles. The summed E-state index contributed by atoms with van der Waals surface area (Å²) in [5, 5.41) is 18.0. The van der Waals surface area contributed by atoms with Crippen LogP contribution in [-0.4, -0.2) is 33.9 Å². The van der Waals surface area contributed by atoms with Crippen LogP contribution in [0.15, 0.2) is 66.7 Å². The number of nitrogens with zero attached hydrogens (tertiary/aromatic N) is 1. The van der Waals surface area contributed by atoms with Crippen molar-refractivity contribution in [2.45, 2.75) is 6.61 Å².